The van der Waals surface area contributed by atoms with Crippen LogP contribution in [0.25, 0.3) is 0 Å². The molecule has 2 nitrogen and oxygen atoms in total. The molecule has 1 heterocycles. The summed E-state index contributed by atoms with van der Waals surface area (Å²) in [6.07, 6.45) is 5.35. The number of rotatable bonds is 3. The van der Waals surface area contributed by atoms with Gasteiger partial charge in [-0.25, -0.2) is 0 Å². The van der Waals surface area contributed by atoms with Crippen molar-refractivity contribution in [3.63, 3.8) is 0 Å². The Morgan fingerprint density at radius 3 is 3.06 bits per heavy atom. The fourth-order valence-corrected chi connectivity index (χ4v) is 2.34. The van der Waals surface area contributed by atoms with E-state index >= 15 is 0 Å². The van der Waals surface area contributed by atoms with E-state index in [2.05, 4.69) is 23.5 Å². The molecule has 0 bridgehead atoms. The third-order valence-electron chi connectivity index (χ3n) is 3.27. The second-order valence-corrected chi connectivity index (χ2v) is 4.71. The van der Waals surface area contributed by atoms with Gasteiger partial charge in [-0.3, -0.25) is 0 Å². The van der Waals surface area contributed by atoms with Crippen LogP contribution in [-0.2, 0) is 12.8 Å². The van der Waals surface area contributed by atoms with Gasteiger partial charge in [-0.2, -0.15) is 0 Å². The van der Waals surface area contributed by atoms with Gasteiger partial charge in [0.05, 0.1) is 6.10 Å². The summed E-state index contributed by atoms with van der Waals surface area (Å²) in [5.74, 6) is 0. The molecule has 1 aliphatic rings. The average molecular weight is 219 g/mol. The molecule has 0 aromatic heterocycles. The van der Waals surface area contributed by atoms with Gasteiger partial charge >= 0.3 is 0 Å². The van der Waals surface area contributed by atoms with Gasteiger partial charge in [0.15, 0.2) is 0 Å². The lowest BCUT2D eigenvalue weighted by atomic mass is 9.97. The molecule has 2 heteroatoms. The highest BCUT2D eigenvalue weighted by Crippen LogP contribution is 2.26. The molecule has 0 saturated heterocycles. The van der Waals surface area contributed by atoms with Crippen molar-refractivity contribution in [1.82, 2.24) is 0 Å². The third kappa shape index (κ3) is 2.76. The van der Waals surface area contributed by atoms with Gasteiger partial charge in [-0.1, -0.05) is 12.1 Å². The van der Waals surface area contributed by atoms with Crippen molar-refractivity contribution in [2.24, 2.45) is 0 Å². The SMILES string of the molecule is CC(O)CCc1cccc2c1CCCCN2. The van der Waals surface area contributed by atoms with Crippen molar-refractivity contribution >= 4 is 5.69 Å². The van der Waals surface area contributed by atoms with Gasteiger partial charge in [-0.15, -0.1) is 0 Å². The number of hydrogen-bond donors (Lipinski definition) is 2. The summed E-state index contributed by atoms with van der Waals surface area (Å²) in [6, 6.07) is 6.50. The van der Waals surface area contributed by atoms with Crippen molar-refractivity contribution in [2.75, 3.05) is 11.9 Å². The number of anilines is 1. The van der Waals surface area contributed by atoms with Gasteiger partial charge in [-0.05, 0) is 56.2 Å². The van der Waals surface area contributed by atoms with Gasteiger partial charge < -0.3 is 10.4 Å². The van der Waals surface area contributed by atoms with E-state index in [4.69, 9.17) is 0 Å². The van der Waals surface area contributed by atoms with E-state index in [9.17, 15) is 5.11 Å². The van der Waals surface area contributed by atoms with Crippen LogP contribution in [0.5, 0.6) is 0 Å². The highest BCUT2D eigenvalue weighted by atomic mass is 16.3. The predicted octanol–water partition coefficient (Wildman–Crippen LogP) is 2.75. The second kappa shape index (κ2) is 5.35. The Morgan fingerprint density at radius 1 is 1.38 bits per heavy atom. The fraction of sp³-hybridized carbons (Fsp3) is 0.571. The number of aliphatic hydroxyl groups is 1. The number of fused-ring (bicyclic) bond motifs is 1. The molecule has 0 saturated carbocycles. The highest BCUT2D eigenvalue weighted by Gasteiger charge is 2.11. The quantitative estimate of drug-likeness (QED) is 0.819. The van der Waals surface area contributed by atoms with Crippen molar-refractivity contribution in [2.45, 2.75) is 45.1 Å². The molecule has 16 heavy (non-hydrogen) atoms. The maximum Gasteiger partial charge on any atom is 0.0515 e. The molecule has 0 radical (unpaired) electrons. The van der Waals surface area contributed by atoms with E-state index in [-0.39, 0.29) is 6.10 Å². The van der Waals surface area contributed by atoms with Crippen LogP contribution in [0.3, 0.4) is 0 Å². The minimum atomic E-state index is -0.199. The number of nitrogens with one attached hydrogen (secondary N) is 1. The molecule has 0 amide bonds. The topological polar surface area (TPSA) is 32.3 Å². The first-order valence-corrected chi connectivity index (χ1v) is 6.30. The van der Waals surface area contributed by atoms with E-state index in [1.165, 1.54) is 36.1 Å². The van der Waals surface area contributed by atoms with E-state index in [1.54, 1.807) is 0 Å². The first kappa shape index (κ1) is 11.5. The molecule has 2 rings (SSSR count). The molecule has 1 aliphatic heterocycles. The van der Waals surface area contributed by atoms with Crippen LogP contribution in [0.4, 0.5) is 5.69 Å². The number of benzene rings is 1. The van der Waals surface area contributed by atoms with Crippen molar-refractivity contribution in [1.29, 1.82) is 0 Å². The summed E-state index contributed by atoms with van der Waals surface area (Å²) < 4.78 is 0. The normalized spacial score (nSPS) is 17.1. The monoisotopic (exact) mass is 219 g/mol. The Bertz CT molecular complexity index is 347. The maximum atomic E-state index is 9.36. The Hall–Kier alpha value is -1.02. The molecule has 1 atom stereocenters. The molecule has 1 unspecified atom stereocenters. The maximum absolute atomic E-state index is 9.36. The van der Waals surface area contributed by atoms with Crippen LogP contribution < -0.4 is 5.32 Å². The zero-order valence-electron chi connectivity index (χ0n) is 10.00. The minimum absolute atomic E-state index is 0.199. The molecular formula is C14H21NO. The van der Waals surface area contributed by atoms with Crippen LogP contribution in [0, 0.1) is 0 Å². The summed E-state index contributed by atoms with van der Waals surface area (Å²) in [7, 11) is 0. The van der Waals surface area contributed by atoms with E-state index in [1.807, 2.05) is 6.92 Å². The largest absolute Gasteiger partial charge is 0.393 e. The summed E-state index contributed by atoms with van der Waals surface area (Å²) in [5, 5.41) is 12.8. The minimum Gasteiger partial charge on any atom is -0.393 e. The molecule has 0 fully saturated rings. The first-order valence-electron chi connectivity index (χ1n) is 6.30. The van der Waals surface area contributed by atoms with Gasteiger partial charge in [0.1, 0.15) is 0 Å². The standard InChI is InChI=1S/C14H21NO/c1-11(16)8-9-12-5-4-7-14-13(12)6-2-3-10-15-14/h4-5,7,11,15-16H,2-3,6,8-10H2,1H3. The molecule has 88 valence electrons. The Balaban J connectivity index is 2.17. The summed E-state index contributed by atoms with van der Waals surface area (Å²) in [6.45, 7) is 2.95. The molecule has 0 aliphatic carbocycles. The lowest BCUT2D eigenvalue weighted by molar-refractivity contribution is 0.185. The number of hydrogen-bond acceptors (Lipinski definition) is 2. The Kier molecular flexibility index (Phi) is 3.83. The first-order chi connectivity index (χ1) is 7.77. The molecule has 1 aromatic carbocycles. The summed E-state index contributed by atoms with van der Waals surface area (Å²) >= 11 is 0. The highest BCUT2D eigenvalue weighted by molar-refractivity contribution is 5.55. The summed E-state index contributed by atoms with van der Waals surface area (Å²) in [5.41, 5.74) is 4.19. The third-order valence-corrected chi connectivity index (χ3v) is 3.27. The molecule has 1 aromatic rings. The van der Waals surface area contributed by atoms with E-state index in [0.29, 0.717) is 0 Å². The van der Waals surface area contributed by atoms with Gasteiger partial charge in [0, 0.05) is 12.2 Å². The molecular weight excluding hydrogens is 198 g/mol. The lowest BCUT2D eigenvalue weighted by Gasteiger charge is -2.13. The van der Waals surface area contributed by atoms with Crippen LogP contribution in [-0.4, -0.2) is 17.8 Å². The van der Waals surface area contributed by atoms with Gasteiger partial charge in [0.25, 0.3) is 0 Å². The number of aliphatic hydroxyl groups excluding tert-OH is 1. The van der Waals surface area contributed by atoms with Crippen molar-refractivity contribution < 1.29 is 5.11 Å². The van der Waals surface area contributed by atoms with E-state index < -0.39 is 0 Å². The average Bonchev–Trinajstić information content (AvgIpc) is 2.51. The predicted molar refractivity (Wildman–Crippen MR) is 67.9 cm³/mol. The smallest absolute Gasteiger partial charge is 0.0515 e. The van der Waals surface area contributed by atoms with Gasteiger partial charge in [0.2, 0.25) is 0 Å². The number of aryl methyl sites for hydroxylation is 1. The van der Waals surface area contributed by atoms with E-state index in [0.717, 1.165) is 19.4 Å². The van der Waals surface area contributed by atoms with Crippen LogP contribution in [0.1, 0.15) is 37.3 Å². The Labute approximate surface area is 97.7 Å². The van der Waals surface area contributed by atoms with Crippen molar-refractivity contribution in [3.8, 4) is 0 Å². The van der Waals surface area contributed by atoms with Crippen LogP contribution in [0.2, 0.25) is 0 Å². The van der Waals surface area contributed by atoms with Crippen LogP contribution >= 0.6 is 0 Å². The zero-order valence-corrected chi connectivity index (χ0v) is 10.00. The lowest BCUT2D eigenvalue weighted by Crippen LogP contribution is -2.05. The van der Waals surface area contributed by atoms with Crippen molar-refractivity contribution in [3.05, 3.63) is 29.3 Å². The Morgan fingerprint density at radius 2 is 2.25 bits per heavy atom. The molecule has 0 spiro atoms. The molecule has 2 N–H and O–H groups in total. The zero-order chi connectivity index (χ0) is 11.4. The second-order valence-electron chi connectivity index (χ2n) is 4.71. The van der Waals surface area contributed by atoms with Crippen LogP contribution in [0.15, 0.2) is 18.2 Å². The fourth-order valence-electron chi connectivity index (χ4n) is 2.34. The summed E-state index contributed by atoms with van der Waals surface area (Å²) in [4.78, 5) is 0.